The molecule has 0 bridgehead atoms. The molecule has 0 aliphatic carbocycles. The summed E-state index contributed by atoms with van der Waals surface area (Å²) in [6, 6.07) is 50.2. The lowest BCUT2D eigenvalue weighted by Crippen LogP contribution is -2.67. The lowest BCUT2D eigenvalue weighted by Gasteiger charge is -2.50. The van der Waals surface area contributed by atoms with E-state index >= 15 is 0 Å². The summed E-state index contributed by atoms with van der Waals surface area (Å²) in [6.07, 6.45) is -13.7. The van der Waals surface area contributed by atoms with Crippen LogP contribution in [-0.2, 0) is 47.4 Å². The van der Waals surface area contributed by atoms with Crippen LogP contribution in [0.25, 0.3) is 0 Å². The van der Waals surface area contributed by atoms with E-state index in [4.69, 9.17) is 47.4 Å². The third kappa shape index (κ3) is 11.9. The van der Waals surface area contributed by atoms with Gasteiger partial charge < -0.3 is 47.4 Å². The van der Waals surface area contributed by atoms with Gasteiger partial charge in [-0.15, -0.1) is 11.8 Å². The molecule has 16 heteroatoms. The van der Waals surface area contributed by atoms with E-state index in [9.17, 15) is 24.0 Å². The zero-order valence-electron chi connectivity index (χ0n) is 38.8. The van der Waals surface area contributed by atoms with Gasteiger partial charge in [0.1, 0.15) is 36.5 Å². The van der Waals surface area contributed by atoms with Gasteiger partial charge in [0.25, 0.3) is 0 Å². The average Bonchev–Trinajstić information content (AvgIpc) is 3.43. The number of benzene rings is 6. The van der Waals surface area contributed by atoms with Crippen LogP contribution < -0.4 is 0 Å². The standard InChI is InChI=1S/C56H50O15S/c1-2-72-56-48(69-53(61)39-29-17-7-18-30-39)46(67-51(59)37-25-13-5-14-26-37)44(42(65-56)33-62-49(57)35-21-9-3-10-22-35)71-55-47(68-52(60)38-27-15-6-16-28-38)45(66-50(58)36-23-11-4-12-24-36)43-41(64-55)34-63-54(70-43)40-31-19-8-20-32-40/h3-32,41-48,54-56H,2,33-34H2,1H3/t41?,42?,43-,44+,45?,46?,47-,48-,54?,55-,56-/m0/s1. The first-order chi connectivity index (χ1) is 35.2. The summed E-state index contributed by atoms with van der Waals surface area (Å²) in [7, 11) is 0. The fourth-order valence-corrected chi connectivity index (χ4v) is 9.41. The van der Waals surface area contributed by atoms with Gasteiger partial charge in [0.05, 0.1) is 34.4 Å². The van der Waals surface area contributed by atoms with Crippen molar-refractivity contribution in [3.63, 3.8) is 0 Å². The zero-order chi connectivity index (χ0) is 49.8. The zero-order valence-corrected chi connectivity index (χ0v) is 39.6. The molecule has 9 rings (SSSR count). The summed E-state index contributed by atoms with van der Waals surface area (Å²) in [5.74, 6) is -3.45. The molecule has 5 unspecified atom stereocenters. The summed E-state index contributed by atoms with van der Waals surface area (Å²) in [5.41, 5.74) is 0.568. The smallest absolute Gasteiger partial charge is 0.338 e. The van der Waals surface area contributed by atoms with E-state index in [0.717, 1.165) is 0 Å². The Hall–Kier alpha value is -7.18. The van der Waals surface area contributed by atoms with Crippen LogP contribution in [0, 0.1) is 0 Å². The molecule has 3 saturated heterocycles. The van der Waals surface area contributed by atoms with E-state index in [1.807, 2.05) is 37.3 Å². The number of carbonyl (C=O) groups excluding carboxylic acids is 5. The maximum Gasteiger partial charge on any atom is 0.338 e. The number of rotatable bonds is 16. The molecular formula is C56H50O15S. The molecule has 0 saturated carbocycles. The Balaban J connectivity index is 1.15. The van der Waals surface area contributed by atoms with E-state index in [-0.39, 0.29) is 34.4 Å². The molecule has 0 amide bonds. The number of esters is 5. The predicted molar refractivity (Wildman–Crippen MR) is 260 cm³/mol. The molecule has 0 spiro atoms. The van der Waals surface area contributed by atoms with Crippen LogP contribution in [0.1, 0.15) is 70.6 Å². The number of carbonyl (C=O) groups is 5. The van der Waals surface area contributed by atoms with Gasteiger partial charge in [-0.1, -0.05) is 128 Å². The van der Waals surface area contributed by atoms with Gasteiger partial charge in [-0.05, 0) is 66.4 Å². The molecule has 6 aromatic rings. The van der Waals surface area contributed by atoms with Crippen LogP contribution in [0.5, 0.6) is 0 Å². The molecule has 3 aliphatic heterocycles. The Bertz CT molecular complexity index is 2740. The molecule has 15 nitrogen and oxygen atoms in total. The number of ether oxygens (including phenoxy) is 10. The van der Waals surface area contributed by atoms with Gasteiger partial charge in [0, 0.05) is 5.56 Å². The van der Waals surface area contributed by atoms with E-state index in [2.05, 4.69) is 0 Å². The summed E-state index contributed by atoms with van der Waals surface area (Å²) >= 11 is 1.25. The fraction of sp³-hybridized carbons (Fsp3) is 0.268. The quantitative estimate of drug-likeness (QED) is 0.0666. The molecule has 0 radical (unpaired) electrons. The van der Waals surface area contributed by atoms with E-state index in [0.29, 0.717) is 11.3 Å². The Kier molecular flexibility index (Phi) is 16.5. The van der Waals surface area contributed by atoms with Crippen LogP contribution in [0.4, 0.5) is 0 Å². The highest BCUT2D eigenvalue weighted by Crippen LogP contribution is 2.41. The van der Waals surface area contributed by atoms with E-state index < -0.39 is 103 Å². The van der Waals surface area contributed by atoms with Crippen molar-refractivity contribution < 1.29 is 71.3 Å². The first-order valence-electron chi connectivity index (χ1n) is 23.4. The highest BCUT2D eigenvalue weighted by atomic mass is 32.2. The third-order valence-electron chi connectivity index (χ3n) is 12.0. The maximum atomic E-state index is 14.3. The maximum absolute atomic E-state index is 14.3. The van der Waals surface area contributed by atoms with Crippen LogP contribution in [0.15, 0.2) is 182 Å². The lowest BCUT2D eigenvalue weighted by molar-refractivity contribution is -0.375. The molecule has 6 aromatic carbocycles. The van der Waals surface area contributed by atoms with Gasteiger partial charge in [-0.25, -0.2) is 24.0 Å². The molecule has 72 heavy (non-hydrogen) atoms. The minimum absolute atomic E-state index is 0.124. The van der Waals surface area contributed by atoms with Crippen molar-refractivity contribution in [2.75, 3.05) is 19.0 Å². The van der Waals surface area contributed by atoms with Crippen molar-refractivity contribution in [1.82, 2.24) is 0 Å². The summed E-state index contributed by atoms with van der Waals surface area (Å²) in [5, 5.41) is 0. The number of hydrogen-bond donors (Lipinski definition) is 0. The van der Waals surface area contributed by atoms with E-state index in [1.165, 1.54) is 11.8 Å². The second-order valence-corrected chi connectivity index (χ2v) is 18.1. The molecule has 3 heterocycles. The van der Waals surface area contributed by atoms with Crippen molar-refractivity contribution in [2.24, 2.45) is 0 Å². The molecule has 370 valence electrons. The Morgan fingerprint density at radius 2 is 0.889 bits per heavy atom. The van der Waals surface area contributed by atoms with Crippen LogP contribution >= 0.6 is 11.8 Å². The van der Waals surface area contributed by atoms with Crippen molar-refractivity contribution >= 4 is 41.6 Å². The molecular weight excluding hydrogens is 945 g/mol. The Morgan fingerprint density at radius 3 is 1.36 bits per heavy atom. The first kappa shape index (κ1) is 49.8. The highest BCUT2D eigenvalue weighted by Gasteiger charge is 2.58. The van der Waals surface area contributed by atoms with Gasteiger partial charge in [0.15, 0.2) is 37.0 Å². The van der Waals surface area contributed by atoms with Gasteiger partial charge in [0.2, 0.25) is 0 Å². The Morgan fingerprint density at radius 1 is 0.472 bits per heavy atom. The monoisotopic (exact) mass is 994 g/mol. The largest absolute Gasteiger partial charge is 0.459 e. The molecule has 11 atom stereocenters. The summed E-state index contributed by atoms with van der Waals surface area (Å²) < 4.78 is 64.6. The number of hydrogen-bond acceptors (Lipinski definition) is 16. The van der Waals surface area contributed by atoms with Gasteiger partial charge >= 0.3 is 29.8 Å². The van der Waals surface area contributed by atoms with Crippen molar-refractivity contribution in [3.05, 3.63) is 215 Å². The average molecular weight is 995 g/mol. The van der Waals surface area contributed by atoms with Gasteiger partial charge in [-0.2, -0.15) is 0 Å². The van der Waals surface area contributed by atoms with E-state index in [1.54, 1.807) is 152 Å². The van der Waals surface area contributed by atoms with Crippen LogP contribution in [0.2, 0.25) is 0 Å². The molecule has 0 aromatic heterocycles. The second kappa shape index (κ2) is 23.8. The summed E-state index contributed by atoms with van der Waals surface area (Å²) in [6.45, 7) is 1.26. The lowest BCUT2D eigenvalue weighted by atomic mass is 9.95. The minimum Gasteiger partial charge on any atom is -0.459 e. The first-order valence-corrected chi connectivity index (χ1v) is 24.4. The minimum atomic E-state index is -1.70. The third-order valence-corrected chi connectivity index (χ3v) is 13.0. The molecule has 3 fully saturated rings. The highest BCUT2D eigenvalue weighted by molar-refractivity contribution is 7.99. The number of fused-ring (bicyclic) bond motifs is 1. The second-order valence-electron chi connectivity index (χ2n) is 16.7. The van der Waals surface area contributed by atoms with Crippen LogP contribution in [0.3, 0.4) is 0 Å². The number of thioether (sulfide) groups is 1. The van der Waals surface area contributed by atoms with Crippen molar-refractivity contribution in [1.29, 1.82) is 0 Å². The topological polar surface area (TPSA) is 178 Å². The summed E-state index contributed by atoms with van der Waals surface area (Å²) in [4.78, 5) is 70.6. The van der Waals surface area contributed by atoms with Crippen molar-refractivity contribution in [2.45, 2.75) is 73.8 Å². The Labute approximate surface area is 419 Å². The fourth-order valence-electron chi connectivity index (χ4n) is 8.46. The molecule has 3 aliphatic rings. The van der Waals surface area contributed by atoms with Crippen molar-refractivity contribution in [3.8, 4) is 0 Å². The normalized spacial score (nSPS) is 25.7. The predicted octanol–water partition coefficient (Wildman–Crippen LogP) is 8.45. The SMILES string of the molecule is CCS[C@@H]1OC(COC(=O)c2ccccc2)[C@@H](O[C@@H]2OC3COC(c4ccccc4)O[C@@H]3C(OC(=O)c3ccccc3)[C@@H]2OC(=O)c2ccccc2)C(OC(=O)c2ccccc2)[C@@H]1OC(=O)c1ccccc1. The molecule has 0 N–H and O–H groups in total. The van der Waals surface area contributed by atoms with Crippen LogP contribution in [-0.4, -0.2) is 109 Å². The van der Waals surface area contributed by atoms with Gasteiger partial charge in [-0.3, -0.25) is 0 Å².